The smallest absolute Gasteiger partial charge is 0.200 e. The van der Waals surface area contributed by atoms with Crippen LogP contribution in [-0.2, 0) is 6.54 Å². The molecule has 1 aromatic carbocycles. The number of ether oxygens (including phenoxy) is 1. The van der Waals surface area contributed by atoms with Crippen LogP contribution >= 0.6 is 0 Å². The Balaban J connectivity index is 2.61. The van der Waals surface area contributed by atoms with E-state index >= 15 is 0 Å². The first-order valence-electron chi connectivity index (χ1n) is 7.02. The minimum atomic E-state index is -0.996. The fourth-order valence-corrected chi connectivity index (χ4v) is 1.84. The van der Waals surface area contributed by atoms with Gasteiger partial charge in [-0.25, -0.2) is 9.82 Å². The van der Waals surface area contributed by atoms with Crippen LogP contribution in [0.5, 0.6) is 5.75 Å². The molecule has 0 atom stereocenters. The molecule has 0 unspecified atom stereocenters. The fourth-order valence-electron chi connectivity index (χ4n) is 1.84. The normalized spacial score (nSPS) is 10.3. The van der Waals surface area contributed by atoms with Gasteiger partial charge in [0.2, 0.25) is 5.82 Å². The van der Waals surface area contributed by atoms with Gasteiger partial charge in [0.1, 0.15) is 0 Å². The van der Waals surface area contributed by atoms with Crippen LogP contribution < -0.4 is 10.2 Å². The summed E-state index contributed by atoms with van der Waals surface area (Å²) in [5.41, 5.74) is 2.99. The van der Waals surface area contributed by atoms with Gasteiger partial charge < -0.3 is 14.9 Å². The lowest BCUT2D eigenvalue weighted by Crippen LogP contribution is -2.29. The molecule has 0 saturated heterocycles. The molecule has 1 rings (SSSR count). The van der Waals surface area contributed by atoms with E-state index in [1.54, 1.807) is 7.05 Å². The van der Waals surface area contributed by atoms with Crippen molar-refractivity contribution >= 4 is 0 Å². The Morgan fingerprint density at radius 3 is 2.68 bits per heavy atom. The van der Waals surface area contributed by atoms with Crippen LogP contribution in [0.25, 0.3) is 0 Å². The molecule has 0 aromatic heterocycles. The first-order chi connectivity index (χ1) is 10.5. The van der Waals surface area contributed by atoms with Crippen LogP contribution in [0, 0.1) is 11.6 Å². The van der Waals surface area contributed by atoms with Crippen molar-refractivity contribution in [3.8, 4) is 5.75 Å². The van der Waals surface area contributed by atoms with Gasteiger partial charge in [-0.15, -0.1) is 0 Å². The minimum absolute atomic E-state index is 0.109. The van der Waals surface area contributed by atoms with Crippen LogP contribution in [-0.4, -0.2) is 23.8 Å². The van der Waals surface area contributed by atoms with Crippen molar-refractivity contribution in [3.05, 3.63) is 54.4 Å². The summed E-state index contributed by atoms with van der Waals surface area (Å²) in [7, 11) is 1.66. The zero-order chi connectivity index (χ0) is 16.5. The monoisotopic (exact) mass is 312 g/mol. The fraction of sp³-hybridized carbons (Fsp3) is 0.375. The van der Waals surface area contributed by atoms with Gasteiger partial charge in [0.25, 0.3) is 0 Å². The van der Waals surface area contributed by atoms with Gasteiger partial charge in [-0.3, -0.25) is 0 Å². The second-order valence-corrected chi connectivity index (χ2v) is 4.76. The van der Waals surface area contributed by atoms with Crippen LogP contribution in [0.2, 0.25) is 0 Å². The number of nitrogens with one attached hydrogen (secondary N) is 1. The molecule has 6 heteroatoms. The van der Waals surface area contributed by atoms with Crippen molar-refractivity contribution in [3.63, 3.8) is 0 Å². The molecule has 0 bridgehead atoms. The van der Waals surface area contributed by atoms with E-state index in [-0.39, 0.29) is 30.2 Å². The Labute approximate surface area is 129 Å². The van der Waals surface area contributed by atoms with Gasteiger partial charge in [-0.2, -0.15) is 4.39 Å². The summed E-state index contributed by atoms with van der Waals surface area (Å²) in [6.07, 6.45) is 3.25. The number of hydrazine groups is 1. The molecule has 0 saturated carbocycles. The molecule has 0 spiro atoms. The zero-order valence-corrected chi connectivity index (χ0v) is 12.7. The molecule has 0 aliphatic carbocycles. The number of hydrogen-bond acceptors (Lipinski definition) is 4. The number of benzene rings is 1. The second-order valence-electron chi connectivity index (χ2n) is 4.76. The highest BCUT2D eigenvalue weighted by Gasteiger charge is 2.15. The third-order valence-corrected chi connectivity index (χ3v) is 3.09. The quantitative estimate of drug-likeness (QED) is 0.393. The van der Waals surface area contributed by atoms with Gasteiger partial charge in [0.05, 0.1) is 18.9 Å². The third-order valence-electron chi connectivity index (χ3n) is 3.09. The largest absolute Gasteiger partial charge is 0.513 e. The lowest BCUT2D eigenvalue weighted by Gasteiger charge is -2.19. The van der Waals surface area contributed by atoms with E-state index < -0.39 is 11.6 Å². The number of nitrogens with zero attached hydrogens (tertiary/aromatic N) is 1. The highest BCUT2D eigenvalue weighted by Crippen LogP contribution is 2.24. The Morgan fingerprint density at radius 1 is 1.36 bits per heavy atom. The van der Waals surface area contributed by atoms with Crippen LogP contribution in [0.4, 0.5) is 8.78 Å². The third kappa shape index (κ3) is 5.37. The molecule has 22 heavy (non-hydrogen) atoms. The van der Waals surface area contributed by atoms with E-state index in [1.807, 2.05) is 0 Å². The van der Waals surface area contributed by atoms with Crippen molar-refractivity contribution in [2.45, 2.75) is 25.8 Å². The lowest BCUT2D eigenvalue weighted by molar-refractivity contribution is 0.273. The Hall–Kier alpha value is -2.08. The van der Waals surface area contributed by atoms with E-state index in [4.69, 9.17) is 9.84 Å². The molecular weight excluding hydrogens is 290 g/mol. The predicted molar refractivity (Wildman–Crippen MR) is 82.3 cm³/mol. The number of rotatable bonds is 10. The number of halogens is 2. The number of aliphatic hydroxyl groups excluding tert-OH is 1. The summed E-state index contributed by atoms with van der Waals surface area (Å²) in [5.74, 6) is -1.93. The predicted octanol–water partition coefficient (Wildman–Crippen LogP) is 3.67. The first kappa shape index (κ1) is 18.0. The van der Waals surface area contributed by atoms with Crippen molar-refractivity contribution in [1.29, 1.82) is 0 Å². The summed E-state index contributed by atoms with van der Waals surface area (Å²) >= 11 is 0. The average Bonchev–Trinajstić information content (AvgIpc) is 2.50. The highest BCUT2D eigenvalue weighted by atomic mass is 19.2. The number of hydrogen-bond donors (Lipinski definition) is 2. The Bertz CT molecular complexity index is 521. The molecule has 0 aliphatic rings. The zero-order valence-electron chi connectivity index (χ0n) is 12.7. The topological polar surface area (TPSA) is 44.7 Å². The molecule has 122 valence electrons. The van der Waals surface area contributed by atoms with Gasteiger partial charge in [-0.1, -0.05) is 19.2 Å². The van der Waals surface area contributed by atoms with E-state index in [0.717, 1.165) is 0 Å². The van der Waals surface area contributed by atoms with Crippen molar-refractivity contribution in [1.82, 2.24) is 10.4 Å². The molecule has 2 N–H and O–H groups in total. The molecule has 0 aliphatic heterocycles. The molecule has 0 fully saturated rings. The van der Waals surface area contributed by atoms with Crippen molar-refractivity contribution in [2.75, 3.05) is 13.7 Å². The Morgan fingerprint density at radius 2 is 2.09 bits per heavy atom. The van der Waals surface area contributed by atoms with E-state index in [1.165, 1.54) is 23.3 Å². The van der Waals surface area contributed by atoms with Crippen molar-refractivity contribution < 1.29 is 18.6 Å². The maximum absolute atomic E-state index is 14.0. The summed E-state index contributed by atoms with van der Waals surface area (Å²) in [6, 6.07) is 2.90. The molecule has 0 amide bonds. The lowest BCUT2D eigenvalue weighted by atomic mass is 10.2. The molecule has 4 nitrogen and oxygen atoms in total. The maximum Gasteiger partial charge on any atom is 0.200 e. The van der Waals surface area contributed by atoms with Crippen LogP contribution in [0.3, 0.4) is 0 Å². The maximum atomic E-state index is 14.0. The SMILES string of the molecule is C=CN(Cc1ccc(OCCCCC(=C)O)c(F)c1F)NC. The first-order valence-corrected chi connectivity index (χ1v) is 7.02. The standard InChI is InChI=1S/C16H22F2N2O2/c1-4-20(19-3)11-13-8-9-14(16(18)15(13)17)22-10-6-5-7-12(2)21/h4,8-9,19,21H,1-2,5-7,10-11H2,3H3. The summed E-state index contributed by atoms with van der Waals surface area (Å²) < 4.78 is 33.2. The second kappa shape index (κ2) is 9.04. The van der Waals surface area contributed by atoms with E-state index in [0.29, 0.717) is 19.3 Å². The van der Waals surface area contributed by atoms with Crippen LogP contribution in [0.15, 0.2) is 37.2 Å². The number of unbranched alkanes of at least 4 members (excludes halogenated alkanes) is 1. The van der Waals surface area contributed by atoms with Crippen molar-refractivity contribution in [2.24, 2.45) is 0 Å². The van der Waals surface area contributed by atoms with Crippen LogP contribution in [0.1, 0.15) is 24.8 Å². The summed E-state index contributed by atoms with van der Waals surface area (Å²) in [5, 5.41) is 10.5. The molecule has 0 radical (unpaired) electrons. The Kier molecular flexibility index (Phi) is 7.39. The van der Waals surface area contributed by atoms with E-state index in [2.05, 4.69) is 18.6 Å². The summed E-state index contributed by atoms with van der Waals surface area (Å²) in [4.78, 5) is 0. The minimum Gasteiger partial charge on any atom is -0.513 e. The molecular formula is C16H22F2N2O2. The van der Waals surface area contributed by atoms with E-state index in [9.17, 15) is 8.78 Å². The molecule has 1 aromatic rings. The highest BCUT2D eigenvalue weighted by molar-refractivity contribution is 5.31. The number of aliphatic hydroxyl groups is 1. The van der Waals surface area contributed by atoms with Gasteiger partial charge in [0.15, 0.2) is 11.6 Å². The average molecular weight is 312 g/mol. The summed E-state index contributed by atoms with van der Waals surface area (Å²) in [6.45, 7) is 7.34. The molecule has 0 heterocycles. The van der Waals surface area contributed by atoms with Gasteiger partial charge >= 0.3 is 0 Å². The van der Waals surface area contributed by atoms with Gasteiger partial charge in [-0.05, 0) is 18.9 Å². The van der Waals surface area contributed by atoms with Gasteiger partial charge in [0, 0.05) is 25.2 Å². The number of allylic oxidation sites excluding steroid dienone is 1.